The lowest BCUT2D eigenvalue weighted by atomic mass is 9.93. The van der Waals surface area contributed by atoms with Crippen LogP contribution in [0.3, 0.4) is 0 Å². The third-order valence-electron chi connectivity index (χ3n) is 4.35. The van der Waals surface area contributed by atoms with Crippen LogP contribution in [0.1, 0.15) is 16.7 Å². The van der Waals surface area contributed by atoms with E-state index in [1.807, 2.05) is 18.2 Å². The Balaban J connectivity index is 2.06. The van der Waals surface area contributed by atoms with Gasteiger partial charge in [-0.1, -0.05) is 66.7 Å². The van der Waals surface area contributed by atoms with Gasteiger partial charge in [-0.2, -0.15) is 0 Å². The maximum Gasteiger partial charge on any atom is 0.119 e. The van der Waals surface area contributed by atoms with Gasteiger partial charge in [-0.25, -0.2) is 0 Å². The highest BCUT2D eigenvalue weighted by Gasteiger charge is 2.08. The zero-order valence-corrected chi connectivity index (χ0v) is 14.5. The van der Waals surface area contributed by atoms with Gasteiger partial charge in [0.25, 0.3) is 0 Å². The molecule has 120 valence electrons. The van der Waals surface area contributed by atoms with E-state index in [-0.39, 0.29) is 0 Å². The Labute approximate surface area is 144 Å². The first-order valence-electron chi connectivity index (χ1n) is 8.11. The van der Waals surface area contributed by atoms with Crippen LogP contribution in [-0.4, -0.2) is 7.11 Å². The second kappa shape index (κ2) is 6.76. The summed E-state index contributed by atoms with van der Waals surface area (Å²) in [5, 5.41) is 0. The van der Waals surface area contributed by atoms with Crippen molar-refractivity contribution in [1.29, 1.82) is 0 Å². The summed E-state index contributed by atoms with van der Waals surface area (Å²) in [4.78, 5) is 0. The molecular weight excluding hydrogens is 292 g/mol. The van der Waals surface area contributed by atoms with Crippen LogP contribution in [-0.2, 0) is 0 Å². The number of rotatable bonds is 4. The van der Waals surface area contributed by atoms with Crippen molar-refractivity contribution >= 4 is 6.08 Å². The van der Waals surface area contributed by atoms with Crippen molar-refractivity contribution in [3.05, 3.63) is 83.9 Å². The Bertz CT molecular complexity index is 890. The molecule has 0 aliphatic rings. The highest BCUT2D eigenvalue weighted by atomic mass is 16.5. The SMILES string of the molecule is C=Cc1cc(OC)ccc1-c1ccc(-c2cccc(C)c2)c(C)c1. The first-order valence-corrected chi connectivity index (χ1v) is 8.11. The smallest absolute Gasteiger partial charge is 0.119 e. The van der Waals surface area contributed by atoms with Gasteiger partial charge in [0, 0.05) is 0 Å². The highest BCUT2D eigenvalue weighted by molar-refractivity contribution is 5.79. The van der Waals surface area contributed by atoms with E-state index in [2.05, 4.69) is 69.0 Å². The molecule has 0 amide bonds. The van der Waals surface area contributed by atoms with Crippen LogP contribution in [0.4, 0.5) is 0 Å². The highest BCUT2D eigenvalue weighted by Crippen LogP contribution is 2.32. The first-order chi connectivity index (χ1) is 11.6. The van der Waals surface area contributed by atoms with Crippen molar-refractivity contribution in [1.82, 2.24) is 0 Å². The molecule has 0 radical (unpaired) electrons. The van der Waals surface area contributed by atoms with Gasteiger partial charge in [-0.15, -0.1) is 0 Å². The molecule has 0 heterocycles. The van der Waals surface area contributed by atoms with Crippen LogP contribution in [0.25, 0.3) is 28.3 Å². The third-order valence-corrected chi connectivity index (χ3v) is 4.35. The summed E-state index contributed by atoms with van der Waals surface area (Å²) in [7, 11) is 1.68. The molecule has 1 nitrogen and oxygen atoms in total. The average Bonchev–Trinajstić information content (AvgIpc) is 2.61. The van der Waals surface area contributed by atoms with Crippen molar-refractivity contribution in [2.75, 3.05) is 7.11 Å². The summed E-state index contributed by atoms with van der Waals surface area (Å²) >= 11 is 0. The van der Waals surface area contributed by atoms with E-state index >= 15 is 0 Å². The zero-order chi connectivity index (χ0) is 17.1. The lowest BCUT2D eigenvalue weighted by molar-refractivity contribution is 0.415. The van der Waals surface area contributed by atoms with Crippen LogP contribution < -0.4 is 4.74 Å². The second-order valence-corrected chi connectivity index (χ2v) is 6.06. The van der Waals surface area contributed by atoms with Crippen molar-refractivity contribution in [2.45, 2.75) is 13.8 Å². The Morgan fingerprint density at radius 2 is 1.58 bits per heavy atom. The van der Waals surface area contributed by atoms with Gasteiger partial charge in [0.05, 0.1) is 7.11 Å². The molecule has 1 heteroatoms. The number of hydrogen-bond donors (Lipinski definition) is 0. The van der Waals surface area contributed by atoms with Gasteiger partial charge in [0.15, 0.2) is 0 Å². The standard InChI is InChI=1S/C23H22O/c1-5-18-15-21(24-4)10-12-23(18)20-9-11-22(17(3)14-20)19-8-6-7-16(2)13-19/h5-15H,1H2,2-4H3. The number of benzene rings is 3. The molecule has 0 bridgehead atoms. The molecule has 0 aliphatic carbocycles. The molecule has 0 aliphatic heterocycles. The van der Waals surface area contributed by atoms with Crippen molar-refractivity contribution < 1.29 is 4.74 Å². The van der Waals surface area contributed by atoms with Crippen LogP contribution in [0, 0.1) is 13.8 Å². The fourth-order valence-electron chi connectivity index (χ4n) is 3.07. The van der Waals surface area contributed by atoms with Crippen LogP contribution in [0.15, 0.2) is 67.2 Å². The van der Waals surface area contributed by atoms with E-state index in [4.69, 9.17) is 4.74 Å². The van der Waals surface area contributed by atoms with Crippen LogP contribution in [0.2, 0.25) is 0 Å². The molecule has 3 aromatic carbocycles. The van der Waals surface area contributed by atoms with Gasteiger partial charge in [0.1, 0.15) is 5.75 Å². The Morgan fingerprint density at radius 3 is 2.25 bits per heavy atom. The molecule has 0 atom stereocenters. The predicted molar refractivity (Wildman–Crippen MR) is 103 cm³/mol. The summed E-state index contributed by atoms with van der Waals surface area (Å²) in [5.74, 6) is 0.849. The fraction of sp³-hybridized carbons (Fsp3) is 0.130. The molecule has 3 rings (SSSR count). The van der Waals surface area contributed by atoms with Gasteiger partial charge in [0.2, 0.25) is 0 Å². The molecule has 0 spiro atoms. The van der Waals surface area contributed by atoms with E-state index in [9.17, 15) is 0 Å². The molecule has 24 heavy (non-hydrogen) atoms. The van der Waals surface area contributed by atoms with Crippen molar-refractivity contribution in [2.24, 2.45) is 0 Å². The maximum atomic E-state index is 5.31. The minimum Gasteiger partial charge on any atom is -0.497 e. The second-order valence-electron chi connectivity index (χ2n) is 6.06. The van der Waals surface area contributed by atoms with E-state index < -0.39 is 0 Å². The van der Waals surface area contributed by atoms with E-state index in [1.54, 1.807) is 7.11 Å². The Morgan fingerprint density at radius 1 is 0.833 bits per heavy atom. The number of hydrogen-bond acceptors (Lipinski definition) is 1. The summed E-state index contributed by atoms with van der Waals surface area (Å²) in [6.45, 7) is 8.23. The maximum absolute atomic E-state index is 5.31. The van der Waals surface area contributed by atoms with Gasteiger partial charge in [-0.3, -0.25) is 0 Å². The zero-order valence-electron chi connectivity index (χ0n) is 14.5. The Hall–Kier alpha value is -2.80. The summed E-state index contributed by atoms with van der Waals surface area (Å²) in [5.41, 5.74) is 8.53. The normalized spacial score (nSPS) is 10.5. The Kier molecular flexibility index (Phi) is 4.52. The molecule has 0 N–H and O–H groups in total. The quantitative estimate of drug-likeness (QED) is 0.550. The molecule has 0 aromatic heterocycles. The fourth-order valence-corrected chi connectivity index (χ4v) is 3.07. The lowest BCUT2D eigenvalue weighted by Gasteiger charge is -2.12. The number of aryl methyl sites for hydroxylation is 2. The monoisotopic (exact) mass is 314 g/mol. The molecule has 0 saturated heterocycles. The first kappa shape index (κ1) is 16.1. The summed E-state index contributed by atoms with van der Waals surface area (Å²) in [6, 6.07) is 21.4. The van der Waals surface area contributed by atoms with Gasteiger partial charge >= 0.3 is 0 Å². The minimum absolute atomic E-state index is 0.849. The summed E-state index contributed by atoms with van der Waals surface area (Å²) in [6.07, 6.45) is 1.88. The molecular formula is C23H22O. The molecule has 0 saturated carbocycles. The number of ether oxygens (including phenoxy) is 1. The van der Waals surface area contributed by atoms with E-state index in [0.29, 0.717) is 0 Å². The molecule has 0 unspecified atom stereocenters. The topological polar surface area (TPSA) is 9.23 Å². The molecule has 0 fully saturated rings. The van der Waals surface area contributed by atoms with Gasteiger partial charge < -0.3 is 4.74 Å². The minimum atomic E-state index is 0.849. The van der Waals surface area contributed by atoms with Crippen molar-refractivity contribution in [3.63, 3.8) is 0 Å². The average molecular weight is 314 g/mol. The van der Waals surface area contributed by atoms with Gasteiger partial charge in [-0.05, 0) is 59.4 Å². The van der Waals surface area contributed by atoms with Crippen LogP contribution >= 0.6 is 0 Å². The van der Waals surface area contributed by atoms with E-state index in [1.165, 1.54) is 33.4 Å². The number of methoxy groups -OCH3 is 1. The lowest BCUT2D eigenvalue weighted by Crippen LogP contribution is -1.90. The van der Waals surface area contributed by atoms with Crippen molar-refractivity contribution in [3.8, 4) is 28.0 Å². The van der Waals surface area contributed by atoms with E-state index in [0.717, 1.165) is 11.3 Å². The summed E-state index contributed by atoms with van der Waals surface area (Å²) < 4.78 is 5.31. The molecule has 3 aromatic rings. The third kappa shape index (κ3) is 3.11. The predicted octanol–water partition coefficient (Wildman–Crippen LogP) is 6.29. The largest absolute Gasteiger partial charge is 0.497 e. The van der Waals surface area contributed by atoms with Crippen LogP contribution in [0.5, 0.6) is 5.75 Å².